The number of pyridine rings is 1. The maximum absolute atomic E-state index is 13.7. The predicted molar refractivity (Wildman–Crippen MR) is 76.1 cm³/mol. The van der Waals surface area contributed by atoms with Crippen LogP contribution in [0.2, 0.25) is 0 Å². The van der Waals surface area contributed by atoms with E-state index in [1.165, 1.54) is 0 Å². The molecule has 1 aromatic heterocycles. The van der Waals surface area contributed by atoms with Crippen molar-refractivity contribution in [2.24, 2.45) is 5.73 Å². The molecular formula is C16H12F2N2O. The number of hydrogen-bond donors (Lipinski definition) is 1. The number of ether oxygens (including phenoxy) is 1. The quantitative estimate of drug-likeness (QED) is 0.797. The Morgan fingerprint density at radius 3 is 2.67 bits per heavy atom. The summed E-state index contributed by atoms with van der Waals surface area (Å²) in [6.45, 7) is 0.185. The fourth-order valence-corrected chi connectivity index (χ4v) is 2.04. The first-order valence-corrected chi connectivity index (χ1v) is 6.39. The molecule has 106 valence electrons. The van der Waals surface area contributed by atoms with E-state index in [0.717, 1.165) is 23.6 Å². The standard InChI is InChI=1S/C16H12F2N2O/c17-12-5-6-13(18)15(8-12)21-16-11(9-19)7-10-3-1-2-4-14(10)20-16/h1-8H,9,19H2. The van der Waals surface area contributed by atoms with Gasteiger partial charge < -0.3 is 10.5 Å². The van der Waals surface area contributed by atoms with Crippen LogP contribution in [0.25, 0.3) is 10.9 Å². The van der Waals surface area contributed by atoms with Gasteiger partial charge in [0.2, 0.25) is 5.88 Å². The fourth-order valence-electron chi connectivity index (χ4n) is 2.04. The van der Waals surface area contributed by atoms with Gasteiger partial charge in [-0.1, -0.05) is 18.2 Å². The molecule has 3 rings (SSSR count). The molecule has 0 saturated carbocycles. The zero-order valence-corrected chi connectivity index (χ0v) is 11.0. The van der Waals surface area contributed by atoms with Crippen LogP contribution in [-0.2, 0) is 6.54 Å². The molecule has 3 aromatic rings. The zero-order valence-electron chi connectivity index (χ0n) is 11.0. The van der Waals surface area contributed by atoms with Crippen LogP contribution in [0.5, 0.6) is 11.6 Å². The average Bonchev–Trinajstić information content (AvgIpc) is 2.50. The van der Waals surface area contributed by atoms with Crippen LogP contribution < -0.4 is 10.5 Å². The van der Waals surface area contributed by atoms with Gasteiger partial charge in [-0.2, -0.15) is 0 Å². The number of fused-ring (bicyclic) bond motifs is 1. The summed E-state index contributed by atoms with van der Waals surface area (Å²) in [5.74, 6) is -1.27. The number of para-hydroxylation sites is 1. The predicted octanol–water partition coefficient (Wildman–Crippen LogP) is 3.76. The number of aromatic nitrogens is 1. The first kappa shape index (κ1) is 13.5. The minimum absolute atomic E-state index is 0.181. The van der Waals surface area contributed by atoms with Gasteiger partial charge >= 0.3 is 0 Å². The summed E-state index contributed by atoms with van der Waals surface area (Å²) in [5.41, 5.74) is 6.99. The number of rotatable bonds is 3. The molecule has 0 saturated heterocycles. The Labute approximate surface area is 120 Å². The molecular weight excluding hydrogens is 274 g/mol. The summed E-state index contributed by atoms with van der Waals surface area (Å²) < 4.78 is 32.3. The molecule has 0 radical (unpaired) electrons. The lowest BCUT2D eigenvalue weighted by atomic mass is 10.1. The maximum atomic E-state index is 13.7. The molecule has 0 unspecified atom stereocenters. The van der Waals surface area contributed by atoms with Crippen molar-refractivity contribution in [2.75, 3.05) is 0 Å². The Bertz CT molecular complexity index is 805. The first-order valence-electron chi connectivity index (χ1n) is 6.39. The van der Waals surface area contributed by atoms with E-state index < -0.39 is 11.6 Å². The van der Waals surface area contributed by atoms with Gasteiger partial charge in [-0.05, 0) is 24.3 Å². The van der Waals surface area contributed by atoms with Crippen molar-refractivity contribution in [2.45, 2.75) is 6.54 Å². The molecule has 3 nitrogen and oxygen atoms in total. The molecule has 0 aliphatic rings. The van der Waals surface area contributed by atoms with Gasteiger partial charge in [0.25, 0.3) is 0 Å². The minimum Gasteiger partial charge on any atom is -0.435 e. The summed E-state index contributed by atoms with van der Waals surface area (Å²) in [6.07, 6.45) is 0. The zero-order chi connectivity index (χ0) is 14.8. The van der Waals surface area contributed by atoms with Gasteiger partial charge in [-0.25, -0.2) is 13.8 Å². The largest absolute Gasteiger partial charge is 0.435 e. The molecule has 2 aromatic carbocycles. The number of halogens is 2. The van der Waals surface area contributed by atoms with E-state index in [1.54, 1.807) is 0 Å². The second-order valence-electron chi connectivity index (χ2n) is 4.53. The molecule has 0 atom stereocenters. The van der Waals surface area contributed by atoms with Crippen LogP contribution in [0.1, 0.15) is 5.56 Å². The summed E-state index contributed by atoms with van der Waals surface area (Å²) in [4.78, 5) is 4.32. The molecule has 0 spiro atoms. The maximum Gasteiger partial charge on any atom is 0.224 e. The molecule has 1 heterocycles. The first-order chi connectivity index (χ1) is 10.2. The normalized spacial score (nSPS) is 10.8. The van der Waals surface area contributed by atoms with E-state index in [9.17, 15) is 8.78 Å². The second kappa shape index (κ2) is 5.46. The van der Waals surface area contributed by atoms with E-state index in [1.807, 2.05) is 30.3 Å². The van der Waals surface area contributed by atoms with Gasteiger partial charge in [-0.15, -0.1) is 0 Å². The minimum atomic E-state index is -0.658. The van der Waals surface area contributed by atoms with Gasteiger partial charge in [-0.3, -0.25) is 0 Å². The van der Waals surface area contributed by atoms with Crippen LogP contribution >= 0.6 is 0 Å². The summed E-state index contributed by atoms with van der Waals surface area (Å²) in [5, 5.41) is 0.907. The third-order valence-electron chi connectivity index (χ3n) is 3.08. The van der Waals surface area contributed by atoms with Crippen LogP contribution in [0, 0.1) is 11.6 Å². The van der Waals surface area contributed by atoms with Gasteiger partial charge in [0, 0.05) is 23.6 Å². The highest BCUT2D eigenvalue weighted by atomic mass is 19.1. The van der Waals surface area contributed by atoms with Crippen LogP contribution in [0.4, 0.5) is 8.78 Å². The number of nitrogens with zero attached hydrogens (tertiary/aromatic N) is 1. The lowest BCUT2D eigenvalue weighted by molar-refractivity contribution is 0.419. The van der Waals surface area contributed by atoms with Crippen molar-refractivity contribution in [1.29, 1.82) is 0 Å². The second-order valence-corrected chi connectivity index (χ2v) is 4.53. The van der Waals surface area contributed by atoms with Crippen molar-refractivity contribution in [3.05, 3.63) is 65.7 Å². The number of hydrogen-bond acceptors (Lipinski definition) is 3. The van der Waals surface area contributed by atoms with Crippen molar-refractivity contribution in [1.82, 2.24) is 4.98 Å². The Kier molecular flexibility index (Phi) is 3.50. The van der Waals surface area contributed by atoms with Crippen molar-refractivity contribution in [3.63, 3.8) is 0 Å². The summed E-state index contributed by atoms with van der Waals surface area (Å²) in [6, 6.07) is 12.3. The highest BCUT2D eigenvalue weighted by Gasteiger charge is 2.12. The van der Waals surface area contributed by atoms with E-state index in [-0.39, 0.29) is 18.2 Å². The highest BCUT2D eigenvalue weighted by molar-refractivity contribution is 5.80. The smallest absolute Gasteiger partial charge is 0.224 e. The number of benzene rings is 2. The summed E-state index contributed by atoms with van der Waals surface area (Å²) in [7, 11) is 0. The Morgan fingerprint density at radius 2 is 1.86 bits per heavy atom. The Balaban J connectivity index is 2.08. The lowest BCUT2D eigenvalue weighted by Gasteiger charge is -2.11. The lowest BCUT2D eigenvalue weighted by Crippen LogP contribution is -2.02. The molecule has 0 amide bonds. The van der Waals surface area contributed by atoms with Crippen molar-refractivity contribution >= 4 is 10.9 Å². The Morgan fingerprint density at radius 1 is 1.05 bits per heavy atom. The van der Waals surface area contributed by atoms with E-state index >= 15 is 0 Å². The SMILES string of the molecule is NCc1cc2ccccc2nc1Oc1cc(F)ccc1F. The highest BCUT2D eigenvalue weighted by Crippen LogP contribution is 2.28. The van der Waals surface area contributed by atoms with Gasteiger partial charge in [0.05, 0.1) is 5.52 Å². The van der Waals surface area contributed by atoms with E-state index in [0.29, 0.717) is 11.1 Å². The van der Waals surface area contributed by atoms with E-state index in [4.69, 9.17) is 10.5 Å². The third-order valence-corrected chi connectivity index (χ3v) is 3.08. The van der Waals surface area contributed by atoms with Gasteiger partial charge in [0.15, 0.2) is 11.6 Å². The molecule has 0 bridgehead atoms. The van der Waals surface area contributed by atoms with Crippen molar-refractivity contribution in [3.8, 4) is 11.6 Å². The number of nitrogens with two attached hydrogens (primary N) is 1. The molecule has 0 aliphatic carbocycles. The summed E-state index contributed by atoms with van der Waals surface area (Å²) >= 11 is 0. The van der Waals surface area contributed by atoms with E-state index in [2.05, 4.69) is 4.98 Å². The molecule has 5 heteroatoms. The topological polar surface area (TPSA) is 48.1 Å². The molecule has 0 fully saturated rings. The van der Waals surface area contributed by atoms with Crippen LogP contribution in [0.15, 0.2) is 48.5 Å². The van der Waals surface area contributed by atoms with Crippen LogP contribution in [-0.4, -0.2) is 4.98 Å². The van der Waals surface area contributed by atoms with Crippen LogP contribution in [0.3, 0.4) is 0 Å². The average molecular weight is 286 g/mol. The molecule has 21 heavy (non-hydrogen) atoms. The molecule has 0 aliphatic heterocycles. The molecule has 2 N–H and O–H groups in total. The monoisotopic (exact) mass is 286 g/mol. The third kappa shape index (κ3) is 2.68. The Hall–Kier alpha value is -2.53. The fraction of sp³-hybridized carbons (Fsp3) is 0.0625. The van der Waals surface area contributed by atoms with Gasteiger partial charge in [0.1, 0.15) is 5.82 Å². The van der Waals surface area contributed by atoms with Crippen molar-refractivity contribution < 1.29 is 13.5 Å².